The van der Waals surface area contributed by atoms with Gasteiger partial charge in [0.2, 0.25) is 0 Å². The van der Waals surface area contributed by atoms with E-state index in [4.69, 9.17) is 21.1 Å². The number of carbonyl (C=O) groups excluding carboxylic acids is 1. The first kappa shape index (κ1) is 16.2. The van der Waals surface area contributed by atoms with E-state index in [1.165, 1.54) is 0 Å². The Morgan fingerprint density at radius 2 is 1.77 bits per heavy atom. The summed E-state index contributed by atoms with van der Waals surface area (Å²) < 4.78 is 10.8. The number of nitrogens with one attached hydrogen (secondary N) is 1. The van der Waals surface area contributed by atoms with Crippen molar-refractivity contribution in [3.63, 3.8) is 0 Å². The van der Waals surface area contributed by atoms with Crippen molar-refractivity contribution < 1.29 is 14.3 Å². The summed E-state index contributed by atoms with van der Waals surface area (Å²) in [6.07, 6.45) is -0.644. The number of carbonyl (C=O) groups is 1. The molecule has 0 aliphatic rings. The molecule has 0 spiro atoms. The Morgan fingerprint density at radius 1 is 1.14 bits per heavy atom. The van der Waals surface area contributed by atoms with Gasteiger partial charge in [-0.25, -0.2) is 0 Å². The molecule has 1 N–H and O–H groups in total. The van der Waals surface area contributed by atoms with Crippen LogP contribution in [-0.2, 0) is 11.3 Å². The highest BCUT2D eigenvalue weighted by atomic mass is 35.5. The molecule has 0 bridgehead atoms. The van der Waals surface area contributed by atoms with E-state index in [0.29, 0.717) is 17.3 Å². The number of benzene rings is 2. The molecule has 22 heavy (non-hydrogen) atoms. The summed E-state index contributed by atoms with van der Waals surface area (Å²) in [6, 6.07) is 14.6. The number of rotatable bonds is 6. The van der Waals surface area contributed by atoms with Gasteiger partial charge in [-0.2, -0.15) is 0 Å². The fourth-order valence-corrected chi connectivity index (χ4v) is 2.14. The highest BCUT2D eigenvalue weighted by Crippen LogP contribution is 2.24. The Bertz CT molecular complexity index is 645. The predicted molar refractivity (Wildman–Crippen MR) is 86.4 cm³/mol. The maximum Gasteiger partial charge on any atom is 0.261 e. The van der Waals surface area contributed by atoms with Crippen molar-refractivity contribution in [3.05, 3.63) is 59.1 Å². The lowest BCUT2D eigenvalue weighted by Crippen LogP contribution is -2.36. The molecule has 5 heteroatoms. The molecule has 0 unspecified atom stereocenters. The predicted octanol–water partition coefficient (Wildman–Crippen LogP) is 3.43. The van der Waals surface area contributed by atoms with Crippen LogP contribution in [0.4, 0.5) is 0 Å². The molecule has 0 saturated heterocycles. The maximum atomic E-state index is 12.1. The molecule has 0 fully saturated rings. The van der Waals surface area contributed by atoms with Crippen molar-refractivity contribution in [1.29, 1.82) is 0 Å². The first-order valence-corrected chi connectivity index (χ1v) is 7.30. The molecule has 116 valence electrons. The van der Waals surface area contributed by atoms with Crippen molar-refractivity contribution in [3.8, 4) is 11.5 Å². The van der Waals surface area contributed by atoms with Crippen molar-refractivity contribution in [2.75, 3.05) is 7.11 Å². The minimum Gasteiger partial charge on any atom is -0.496 e. The molecule has 0 heterocycles. The van der Waals surface area contributed by atoms with E-state index < -0.39 is 6.10 Å². The smallest absolute Gasteiger partial charge is 0.261 e. The summed E-state index contributed by atoms with van der Waals surface area (Å²) in [6.45, 7) is 2.06. The van der Waals surface area contributed by atoms with Crippen LogP contribution in [0.15, 0.2) is 48.5 Å². The van der Waals surface area contributed by atoms with Crippen molar-refractivity contribution in [1.82, 2.24) is 5.32 Å². The van der Waals surface area contributed by atoms with Crippen LogP contribution >= 0.6 is 11.6 Å². The number of halogens is 1. The summed E-state index contributed by atoms with van der Waals surface area (Å²) >= 11 is 6.01. The SMILES string of the molecule is COc1ccccc1CNC(=O)[C@@H](C)Oc1ccccc1Cl. The molecule has 2 aromatic rings. The third-order valence-corrected chi connectivity index (χ3v) is 3.47. The second-order valence-electron chi connectivity index (χ2n) is 4.72. The van der Waals surface area contributed by atoms with Crippen molar-refractivity contribution in [2.24, 2.45) is 0 Å². The van der Waals surface area contributed by atoms with Gasteiger partial charge in [-0.05, 0) is 25.1 Å². The third kappa shape index (κ3) is 4.15. The number of hydrogen-bond donors (Lipinski definition) is 1. The number of methoxy groups -OCH3 is 1. The topological polar surface area (TPSA) is 47.6 Å². The van der Waals surface area contributed by atoms with E-state index in [1.54, 1.807) is 32.2 Å². The van der Waals surface area contributed by atoms with Gasteiger partial charge in [0, 0.05) is 12.1 Å². The van der Waals surface area contributed by atoms with Crippen LogP contribution in [0.2, 0.25) is 5.02 Å². The average molecular weight is 320 g/mol. The Labute approximate surface area is 135 Å². The molecule has 2 rings (SSSR count). The standard InChI is InChI=1S/C17H18ClNO3/c1-12(22-16-10-6-4-8-14(16)18)17(20)19-11-13-7-3-5-9-15(13)21-2/h3-10,12H,11H2,1-2H3,(H,19,20)/t12-/m1/s1. The van der Waals surface area contributed by atoms with Crippen LogP contribution in [0.3, 0.4) is 0 Å². The molecule has 0 radical (unpaired) electrons. The summed E-state index contributed by atoms with van der Waals surface area (Å²) in [4.78, 5) is 12.1. The van der Waals surface area contributed by atoms with Crippen LogP contribution in [0.5, 0.6) is 11.5 Å². The largest absolute Gasteiger partial charge is 0.496 e. The maximum absolute atomic E-state index is 12.1. The summed E-state index contributed by atoms with van der Waals surface area (Å²) in [7, 11) is 1.60. The Hall–Kier alpha value is -2.20. The molecule has 1 amide bonds. The fourth-order valence-electron chi connectivity index (χ4n) is 1.96. The van der Waals surface area contributed by atoms with Gasteiger partial charge in [-0.15, -0.1) is 0 Å². The molecule has 0 aromatic heterocycles. The Morgan fingerprint density at radius 3 is 2.45 bits per heavy atom. The molecular formula is C17H18ClNO3. The van der Waals surface area contributed by atoms with Crippen molar-refractivity contribution in [2.45, 2.75) is 19.6 Å². The van der Waals surface area contributed by atoms with E-state index in [-0.39, 0.29) is 5.91 Å². The monoisotopic (exact) mass is 319 g/mol. The first-order chi connectivity index (χ1) is 10.6. The van der Waals surface area contributed by atoms with E-state index >= 15 is 0 Å². The van der Waals surface area contributed by atoms with Crippen LogP contribution in [0, 0.1) is 0 Å². The summed E-state index contributed by atoms with van der Waals surface area (Å²) in [5.41, 5.74) is 0.906. The normalized spacial score (nSPS) is 11.6. The summed E-state index contributed by atoms with van der Waals surface area (Å²) in [5.74, 6) is 1.01. The summed E-state index contributed by atoms with van der Waals surface area (Å²) in [5, 5.41) is 3.30. The lowest BCUT2D eigenvalue weighted by molar-refractivity contribution is -0.127. The second kappa shape index (κ2) is 7.71. The molecule has 1 atom stereocenters. The average Bonchev–Trinajstić information content (AvgIpc) is 2.54. The lowest BCUT2D eigenvalue weighted by atomic mass is 10.2. The quantitative estimate of drug-likeness (QED) is 0.887. The van der Waals surface area contributed by atoms with Crippen LogP contribution in [0.25, 0.3) is 0 Å². The van der Waals surface area contributed by atoms with Gasteiger partial charge < -0.3 is 14.8 Å². The Kier molecular flexibility index (Phi) is 5.67. The van der Waals surface area contributed by atoms with Gasteiger partial charge in [0.15, 0.2) is 6.10 Å². The van der Waals surface area contributed by atoms with Gasteiger partial charge in [-0.3, -0.25) is 4.79 Å². The lowest BCUT2D eigenvalue weighted by Gasteiger charge is -2.16. The van der Waals surface area contributed by atoms with Gasteiger partial charge in [-0.1, -0.05) is 41.9 Å². The number of hydrogen-bond acceptors (Lipinski definition) is 3. The van der Waals surface area contributed by atoms with E-state index in [0.717, 1.165) is 11.3 Å². The number of para-hydroxylation sites is 2. The minimum atomic E-state index is -0.644. The molecule has 4 nitrogen and oxygen atoms in total. The van der Waals surface area contributed by atoms with Crippen LogP contribution in [-0.4, -0.2) is 19.1 Å². The molecule has 2 aromatic carbocycles. The zero-order valence-corrected chi connectivity index (χ0v) is 13.3. The molecular weight excluding hydrogens is 302 g/mol. The van der Waals surface area contributed by atoms with E-state index in [1.807, 2.05) is 30.3 Å². The molecule has 0 aliphatic heterocycles. The third-order valence-electron chi connectivity index (χ3n) is 3.16. The molecule has 0 aliphatic carbocycles. The van der Waals surface area contributed by atoms with Gasteiger partial charge in [0.1, 0.15) is 11.5 Å². The number of ether oxygens (including phenoxy) is 2. The first-order valence-electron chi connectivity index (χ1n) is 6.92. The van der Waals surface area contributed by atoms with Gasteiger partial charge in [0.25, 0.3) is 5.91 Å². The minimum absolute atomic E-state index is 0.217. The second-order valence-corrected chi connectivity index (χ2v) is 5.13. The van der Waals surface area contributed by atoms with Crippen molar-refractivity contribution >= 4 is 17.5 Å². The molecule has 0 saturated carbocycles. The van der Waals surface area contributed by atoms with E-state index in [2.05, 4.69) is 5.32 Å². The fraction of sp³-hybridized carbons (Fsp3) is 0.235. The zero-order valence-electron chi connectivity index (χ0n) is 12.5. The van der Waals surface area contributed by atoms with Crippen LogP contribution < -0.4 is 14.8 Å². The number of amides is 1. The zero-order chi connectivity index (χ0) is 15.9. The highest BCUT2D eigenvalue weighted by molar-refractivity contribution is 6.32. The van der Waals surface area contributed by atoms with Crippen LogP contribution in [0.1, 0.15) is 12.5 Å². The Balaban J connectivity index is 1.93. The highest BCUT2D eigenvalue weighted by Gasteiger charge is 2.16. The van der Waals surface area contributed by atoms with E-state index in [9.17, 15) is 4.79 Å². The van der Waals surface area contributed by atoms with Gasteiger partial charge >= 0.3 is 0 Å². The van der Waals surface area contributed by atoms with Gasteiger partial charge in [0.05, 0.1) is 12.1 Å².